The van der Waals surface area contributed by atoms with Gasteiger partial charge in [0.05, 0.1) is 0 Å². The molecular weight excluding hydrogens is 408 g/mol. The Labute approximate surface area is 195 Å². The average molecular weight is 439 g/mol. The van der Waals surface area contributed by atoms with Crippen molar-refractivity contribution in [2.24, 2.45) is 5.41 Å². The van der Waals surface area contributed by atoms with Gasteiger partial charge in [0.25, 0.3) is 0 Å². The average Bonchev–Trinajstić information content (AvgIpc) is 2.83. The molecule has 4 aromatic carbocycles. The number of para-hydroxylation sites is 2. The summed E-state index contributed by atoms with van der Waals surface area (Å²) in [7, 11) is 0. The van der Waals surface area contributed by atoms with Gasteiger partial charge in [-0.15, -0.1) is 0 Å². The second-order valence-corrected chi connectivity index (χ2v) is 8.78. The molecule has 0 aliphatic rings. The van der Waals surface area contributed by atoms with Crippen LogP contribution < -0.4 is 20.9 Å². The molecule has 0 amide bonds. The fourth-order valence-electron chi connectivity index (χ4n) is 4.05. The summed E-state index contributed by atoms with van der Waals surface area (Å²) in [5.74, 6) is 1.59. The molecule has 2 unspecified atom stereocenters. The number of anilines is 2. The van der Waals surface area contributed by atoms with E-state index in [4.69, 9.17) is 20.9 Å². The van der Waals surface area contributed by atoms with Gasteiger partial charge >= 0.3 is 0 Å². The molecule has 168 valence electrons. The largest absolute Gasteiger partial charge is 0.485 e. The van der Waals surface area contributed by atoms with E-state index in [1.165, 1.54) is 0 Å². The van der Waals surface area contributed by atoms with Crippen molar-refractivity contribution in [1.29, 1.82) is 0 Å². The minimum absolute atomic E-state index is 0.313. The Kier molecular flexibility index (Phi) is 6.55. The van der Waals surface area contributed by atoms with E-state index in [1.54, 1.807) is 0 Å². The monoisotopic (exact) mass is 438 g/mol. The van der Waals surface area contributed by atoms with E-state index in [0.29, 0.717) is 11.4 Å². The fourth-order valence-corrected chi connectivity index (χ4v) is 4.05. The maximum absolute atomic E-state index is 6.62. The fraction of sp³-hybridized carbons (Fsp3) is 0.172. The van der Waals surface area contributed by atoms with Crippen LogP contribution in [0.2, 0.25) is 0 Å². The zero-order valence-corrected chi connectivity index (χ0v) is 19.0. The van der Waals surface area contributed by atoms with Crippen LogP contribution >= 0.6 is 0 Å². The van der Waals surface area contributed by atoms with E-state index in [-0.39, 0.29) is 12.2 Å². The number of hydrogen-bond donors (Lipinski definition) is 2. The van der Waals surface area contributed by atoms with Crippen LogP contribution in [0.4, 0.5) is 11.4 Å². The van der Waals surface area contributed by atoms with E-state index >= 15 is 0 Å². The van der Waals surface area contributed by atoms with Gasteiger partial charge in [-0.2, -0.15) is 0 Å². The van der Waals surface area contributed by atoms with Crippen molar-refractivity contribution in [3.63, 3.8) is 0 Å². The molecule has 0 aliphatic carbocycles. The van der Waals surface area contributed by atoms with Crippen LogP contribution in [-0.2, 0) is 0 Å². The quantitative estimate of drug-likeness (QED) is 0.296. The maximum atomic E-state index is 6.62. The van der Waals surface area contributed by atoms with Crippen molar-refractivity contribution >= 4 is 11.4 Å². The molecule has 0 saturated heterocycles. The van der Waals surface area contributed by atoms with Crippen molar-refractivity contribution < 1.29 is 9.47 Å². The van der Waals surface area contributed by atoms with Crippen molar-refractivity contribution in [1.82, 2.24) is 0 Å². The molecule has 33 heavy (non-hydrogen) atoms. The Balaban J connectivity index is 1.79. The molecule has 4 aromatic rings. The van der Waals surface area contributed by atoms with Crippen molar-refractivity contribution in [2.45, 2.75) is 26.1 Å². The van der Waals surface area contributed by atoms with Crippen LogP contribution in [0, 0.1) is 5.41 Å². The summed E-state index contributed by atoms with van der Waals surface area (Å²) in [5, 5.41) is 0. The van der Waals surface area contributed by atoms with Gasteiger partial charge in [-0.3, -0.25) is 0 Å². The molecule has 4 rings (SSSR count). The minimum Gasteiger partial charge on any atom is -0.485 e. The molecule has 4 nitrogen and oxygen atoms in total. The van der Waals surface area contributed by atoms with Crippen LogP contribution in [0.5, 0.6) is 11.5 Å². The molecule has 0 radical (unpaired) electrons. The third-order valence-electron chi connectivity index (χ3n) is 5.82. The summed E-state index contributed by atoms with van der Waals surface area (Å²) >= 11 is 0. The molecule has 0 heterocycles. The first-order chi connectivity index (χ1) is 15.9. The van der Waals surface area contributed by atoms with E-state index in [1.807, 2.05) is 109 Å². The standard InChI is InChI=1S/C29H30N2O2/c1-29(2,27(21-13-17-23(30)18-14-21)32-25-9-5-3-6-10-25)28(22-15-19-24(31)20-16-22)33-26-11-7-4-8-12-26/h3-20,27-28H,30-31H2,1-2H3. The van der Waals surface area contributed by atoms with Gasteiger partial charge in [-0.05, 0) is 59.7 Å². The van der Waals surface area contributed by atoms with E-state index in [0.717, 1.165) is 22.6 Å². The van der Waals surface area contributed by atoms with Crippen LogP contribution in [0.1, 0.15) is 37.2 Å². The first-order valence-corrected chi connectivity index (χ1v) is 11.1. The maximum Gasteiger partial charge on any atom is 0.133 e. The summed E-state index contributed by atoms with van der Waals surface area (Å²) in [5.41, 5.74) is 14.9. The predicted molar refractivity (Wildman–Crippen MR) is 135 cm³/mol. The molecule has 0 aliphatic heterocycles. The van der Waals surface area contributed by atoms with Crippen LogP contribution in [0.25, 0.3) is 0 Å². The van der Waals surface area contributed by atoms with E-state index in [9.17, 15) is 0 Å². The summed E-state index contributed by atoms with van der Waals surface area (Å²) in [4.78, 5) is 0. The van der Waals surface area contributed by atoms with E-state index < -0.39 is 5.41 Å². The number of nitrogens with two attached hydrogens (primary N) is 2. The topological polar surface area (TPSA) is 70.5 Å². The third-order valence-corrected chi connectivity index (χ3v) is 5.82. The number of ether oxygens (including phenoxy) is 2. The zero-order chi connectivity index (χ0) is 23.3. The zero-order valence-electron chi connectivity index (χ0n) is 19.0. The highest BCUT2D eigenvalue weighted by Gasteiger charge is 2.43. The van der Waals surface area contributed by atoms with Gasteiger partial charge in [-0.1, -0.05) is 74.5 Å². The van der Waals surface area contributed by atoms with Gasteiger partial charge in [0.2, 0.25) is 0 Å². The van der Waals surface area contributed by atoms with Gasteiger partial charge in [0.15, 0.2) is 0 Å². The first-order valence-electron chi connectivity index (χ1n) is 11.1. The second kappa shape index (κ2) is 9.70. The van der Waals surface area contributed by atoms with Crippen molar-refractivity contribution in [3.8, 4) is 11.5 Å². The molecule has 0 saturated carbocycles. The first kappa shape index (κ1) is 22.3. The van der Waals surface area contributed by atoms with Crippen molar-refractivity contribution in [2.75, 3.05) is 11.5 Å². The highest BCUT2D eigenvalue weighted by molar-refractivity contribution is 5.43. The lowest BCUT2D eigenvalue weighted by atomic mass is 9.74. The van der Waals surface area contributed by atoms with Crippen molar-refractivity contribution in [3.05, 3.63) is 120 Å². The Bertz CT molecular complexity index is 1050. The summed E-state index contributed by atoms with van der Waals surface area (Å²) < 4.78 is 13.2. The molecule has 0 spiro atoms. The molecule has 4 N–H and O–H groups in total. The predicted octanol–water partition coefficient (Wildman–Crippen LogP) is 6.82. The normalized spacial score (nSPS) is 13.2. The second-order valence-electron chi connectivity index (χ2n) is 8.78. The SMILES string of the molecule is CC(C)(C(Oc1ccccc1)c1ccc(N)cc1)C(Oc1ccccc1)c1ccc(N)cc1. The number of benzene rings is 4. The van der Waals surface area contributed by atoms with Gasteiger partial charge in [-0.25, -0.2) is 0 Å². The molecular formula is C29H30N2O2. The highest BCUT2D eigenvalue weighted by atomic mass is 16.5. The highest BCUT2D eigenvalue weighted by Crippen LogP contribution is 2.48. The molecule has 0 aromatic heterocycles. The van der Waals surface area contributed by atoms with Crippen LogP contribution in [0.15, 0.2) is 109 Å². The summed E-state index contributed by atoms with van der Waals surface area (Å²) in [6, 6.07) is 35.4. The Morgan fingerprint density at radius 3 is 1.18 bits per heavy atom. The lowest BCUT2D eigenvalue weighted by molar-refractivity contribution is -0.0250. The summed E-state index contributed by atoms with van der Waals surface area (Å²) in [6.45, 7) is 4.34. The molecule has 2 atom stereocenters. The van der Waals surface area contributed by atoms with Crippen LogP contribution in [0.3, 0.4) is 0 Å². The smallest absolute Gasteiger partial charge is 0.133 e. The summed E-state index contributed by atoms with van der Waals surface area (Å²) in [6.07, 6.45) is -0.626. The minimum atomic E-state index is -0.488. The Morgan fingerprint density at radius 1 is 0.515 bits per heavy atom. The molecule has 0 fully saturated rings. The number of nitrogen functional groups attached to an aromatic ring is 2. The van der Waals surface area contributed by atoms with E-state index in [2.05, 4.69) is 13.8 Å². The van der Waals surface area contributed by atoms with Gasteiger partial charge in [0.1, 0.15) is 23.7 Å². The molecule has 4 heteroatoms. The lowest BCUT2D eigenvalue weighted by Gasteiger charge is -2.41. The van der Waals surface area contributed by atoms with Gasteiger partial charge < -0.3 is 20.9 Å². The van der Waals surface area contributed by atoms with Gasteiger partial charge in [0, 0.05) is 16.8 Å². The van der Waals surface area contributed by atoms with Crippen LogP contribution in [-0.4, -0.2) is 0 Å². The number of rotatable bonds is 8. The number of hydrogen-bond acceptors (Lipinski definition) is 4. The Hall–Kier alpha value is -3.92. The Morgan fingerprint density at radius 2 is 0.848 bits per heavy atom. The third kappa shape index (κ3) is 5.29. The lowest BCUT2D eigenvalue weighted by Crippen LogP contribution is -2.36. The molecule has 0 bridgehead atoms.